The van der Waals surface area contributed by atoms with Crippen LogP contribution >= 0.6 is 0 Å². The van der Waals surface area contributed by atoms with E-state index in [1.165, 1.54) is 17.7 Å². The van der Waals surface area contributed by atoms with E-state index >= 15 is 0 Å². The summed E-state index contributed by atoms with van der Waals surface area (Å²) in [5, 5.41) is 13.1. The number of hydrogen-bond acceptors (Lipinski definition) is 3. The lowest BCUT2D eigenvalue weighted by molar-refractivity contribution is -0.120. The molecule has 1 fully saturated rings. The van der Waals surface area contributed by atoms with Crippen molar-refractivity contribution in [1.82, 2.24) is 0 Å². The van der Waals surface area contributed by atoms with Gasteiger partial charge < -0.3 is 15.3 Å². The van der Waals surface area contributed by atoms with Crippen LogP contribution in [0.5, 0.6) is 0 Å². The van der Waals surface area contributed by atoms with Gasteiger partial charge in [-0.1, -0.05) is 12.1 Å². The molecule has 5 heteroatoms. The van der Waals surface area contributed by atoms with Gasteiger partial charge >= 0.3 is 0 Å². The van der Waals surface area contributed by atoms with Gasteiger partial charge in [0.1, 0.15) is 5.82 Å². The maximum Gasteiger partial charge on any atom is 0.227 e. The normalized spacial score (nSPS) is 20.2. The van der Waals surface area contributed by atoms with E-state index in [0.29, 0.717) is 6.42 Å². The van der Waals surface area contributed by atoms with E-state index in [1.807, 2.05) is 12.1 Å². The number of rotatable bonds is 3. The third-order valence-electron chi connectivity index (χ3n) is 5.78. The van der Waals surface area contributed by atoms with E-state index in [4.69, 9.17) is 0 Å². The van der Waals surface area contributed by atoms with Gasteiger partial charge in [-0.2, -0.15) is 0 Å². The Bertz CT molecular complexity index is 814. The molecule has 1 aliphatic heterocycles. The molecule has 2 N–H and O–H groups in total. The number of aryl methyl sites for hydroxylation is 1. The van der Waals surface area contributed by atoms with Crippen molar-refractivity contribution in [3.05, 3.63) is 59.4 Å². The van der Waals surface area contributed by atoms with E-state index in [1.54, 1.807) is 12.1 Å². The molecule has 0 saturated carbocycles. The molecule has 0 radical (unpaired) electrons. The second-order valence-electron chi connectivity index (χ2n) is 7.57. The highest BCUT2D eigenvalue weighted by molar-refractivity contribution is 5.93. The van der Waals surface area contributed by atoms with Crippen molar-refractivity contribution in [2.24, 2.45) is 5.92 Å². The topological polar surface area (TPSA) is 52.6 Å². The Labute approximate surface area is 159 Å². The van der Waals surface area contributed by atoms with Crippen molar-refractivity contribution in [2.45, 2.75) is 38.2 Å². The second kappa shape index (κ2) is 7.69. The number of benzene rings is 2. The first-order chi connectivity index (χ1) is 13.1. The Balaban J connectivity index is 1.38. The molecule has 1 unspecified atom stereocenters. The monoisotopic (exact) mass is 368 g/mol. The minimum atomic E-state index is -0.325. The summed E-state index contributed by atoms with van der Waals surface area (Å²) in [7, 11) is 0. The van der Waals surface area contributed by atoms with Crippen LogP contribution in [0.4, 0.5) is 15.8 Å². The zero-order chi connectivity index (χ0) is 18.8. The smallest absolute Gasteiger partial charge is 0.227 e. The summed E-state index contributed by atoms with van der Waals surface area (Å²) >= 11 is 0. The van der Waals surface area contributed by atoms with Gasteiger partial charge in [-0.15, -0.1) is 0 Å². The Morgan fingerprint density at radius 1 is 1.07 bits per heavy atom. The van der Waals surface area contributed by atoms with Gasteiger partial charge in [-0.05, 0) is 67.1 Å². The number of aliphatic hydroxyl groups excluding tert-OH is 1. The molecule has 1 atom stereocenters. The van der Waals surface area contributed by atoms with Crippen molar-refractivity contribution in [1.29, 1.82) is 0 Å². The highest BCUT2D eigenvalue weighted by Gasteiger charge is 2.27. The molecule has 0 bridgehead atoms. The van der Waals surface area contributed by atoms with Crippen LogP contribution in [-0.2, 0) is 17.6 Å². The van der Waals surface area contributed by atoms with Gasteiger partial charge in [-0.3, -0.25) is 4.79 Å². The number of nitrogens with zero attached hydrogens (tertiary/aromatic N) is 1. The Hall–Kier alpha value is -2.40. The highest BCUT2D eigenvalue weighted by atomic mass is 19.1. The number of anilines is 2. The molecule has 1 heterocycles. The molecule has 1 amide bonds. The van der Waals surface area contributed by atoms with Crippen LogP contribution in [0.3, 0.4) is 0 Å². The largest absolute Gasteiger partial charge is 0.393 e. The molecule has 1 saturated heterocycles. The number of piperidine rings is 1. The molecule has 1 aliphatic carbocycles. The number of aliphatic hydroxyl groups is 1. The first kappa shape index (κ1) is 18.0. The number of fused-ring (bicyclic) bond motifs is 1. The molecule has 142 valence electrons. The summed E-state index contributed by atoms with van der Waals surface area (Å²) in [5.74, 6) is -0.197. The first-order valence-electron chi connectivity index (χ1n) is 9.70. The lowest BCUT2D eigenvalue weighted by Gasteiger charge is -2.33. The van der Waals surface area contributed by atoms with Crippen molar-refractivity contribution < 1.29 is 14.3 Å². The van der Waals surface area contributed by atoms with Crippen molar-refractivity contribution >= 4 is 17.3 Å². The van der Waals surface area contributed by atoms with E-state index in [2.05, 4.69) is 16.3 Å². The van der Waals surface area contributed by atoms with Gasteiger partial charge in [-0.25, -0.2) is 4.39 Å². The molecule has 27 heavy (non-hydrogen) atoms. The second-order valence-corrected chi connectivity index (χ2v) is 7.57. The first-order valence-corrected chi connectivity index (χ1v) is 9.70. The van der Waals surface area contributed by atoms with Crippen molar-refractivity contribution in [3.63, 3.8) is 0 Å². The van der Waals surface area contributed by atoms with Crippen LogP contribution in [0, 0.1) is 11.7 Å². The number of amides is 1. The van der Waals surface area contributed by atoms with Crippen LogP contribution in [0.25, 0.3) is 0 Å². The van der Waals surface area contributed by atoms with E-state index in [9.17, 15) is 14.3 Å². The molecular weight excluding hydrogens is 343 g/mol. The van der Waals surface area contributed by atoms with Crippen LogP contribution in [0.2, 0.25) is 0 Å². The lowest BCUT2D eigenvalue weighted by Crippen LogP contribution is -2.38. The fourth-order valence-corrected chi connectivity index (χ4v) is 4.17. The zero-order valence-electron chi connectivity index (χ0n) is 15.3. The third-order valence-corrected chi connectivity index (χ3v) is 5.78. The maximum absolute atomic E-state index is 13.1. The minimum Gasteiger partial charge on any atom is -0.393 e. The summed E-state index contributed by atoms with van der Waals surface area (Å²) in [4.78, 5) is 15.0. The summed E-state index contributed by atoms with van der Waals surface area (Å²) in [6, 6.07) is 12.5. The van der Waals surface area contributed by atoms with Crippen LogP contribution in [0.1, 0.15) is 30.4 Å². The van der Waals surface area contributed by atoms with Crippen LogP contribution in [0.15, 0.2) is 42.5 Å². The van der Waals surface area contributed by atoms with Gasteiger partial charge in [0.05, 0.1) is 6.10 Å². The summed E-state index contributed by atoms with van der Waals surface area (Å²) in [6.07, 6.45) is 3.48. The van der Waals surface area contributed by atoms with Crippen LogP contribution < -0.4 is 10.2 Å². The molecule has 0 spiro atoms. The van der Waals surface area contributed by atoms with E-state index in [-0.39, 0.29) is 23.7 Å². The average Bonchev–Trinajstić information content (AvgIpc) is 2.69. The highest BCUT2D eigenvalue weighted by Crippen LogP contribution is 2.30. The number of nitrogens with one attached hydrogen (secondary N) is 1. The van der Waals surface area contributed by atoms with Gasteiger partial charge in [0.2, 0.25) is 5.91 Å². The Kier molecular flexibility index (Phi) is 5.12. The number of carbonyl (C=O) groups excluding carboxylic acids is 1. The molecule has 0 aromatic heterocycles. The van der Waals surface area contributed by atoms with Gasteiger partial charge in [0, 0.05) is 36.8 Å². The molecule has 2 aromatic rings. The zero-order valence-corrected chi connectivity index (χ0v) is 15.3. The summed E-state index contributed by atoms with van der Waals surface area (Å²) in [6.45, 7) is 1.57. The van der Waals surface area contributed by atoms with Gasteiger partial charge in [0.15, 0.2) is 0 Å². The lowest BCUT2D eigenvalue weighted by atomic mass is 9.88. The molecular formula is C22H25FN2O2. The fourth-order valence-electron chi connectivity index (χ4n) is 4.17. The van der Waals surface area contributed by atoms with E-state index in [0.717, 1.165) is 55.7 Å². The third kappa shape index (κ3) is 3.98. The Morgan fingerprint density at radius 2 is 1.81 bits per heavy atom. The average molecular weight is 368 g/mol. The minimum absolute atomic E-state index is 0.0222. The van der Waals surface area contributed by atoms with Crippen LogP contribution in [-0.4, -0.2) is 30.2 Å². The number of hydrogen-bond donors (Lipinski definition) is 2. The standard InChI is InChI=1S/C22H25FN2O2/c23-17-5-7-18(8-6-17)25-12-10-16(11-13-25)22(27)24-21-3-1-2-15-4-9-19(26)14-20(15)21/h1-3,5-8,16,19,26H,4,9-14H2,(H,24,27). The predicted molar refractivity (Wildman–Crippen MR) is 104 cm³/mol. The molecule has 4 rings (SSSR count). The summed E-state index contributed by atoms with van der Waals surface area (Å²) in [5.41, 5.74) is 4.15. The fraction of sp³-hybridized carbons (Fsp3) is 0.409. The summed E-state index contributed by atoms with van der Waals surface area (Å²) < 4.78 is 13.1. The van der Waals surface area contributed by atoms with Crippen molar-refractivity contribution in [2.75, 3.05) is 23.3 Å². The maximum atomic E-state index is 13.1. The van der Waals surface area contributed by atoms with Gasteiger partial charge in [0.25, 0.3) is 0 Å². The Morgan fingerprint density at radius 3 is 2.56 bits per heavy atom. The predicted octanol–water partition coefficient (Wildman–Crippen LogP) is 3.53. The molecule has 2 aliphatic rings. The van der Waals surface area contributed by atoms with E-state index < -0.39 is 0 Å². The van der Waals surface area contributed by atoms with Crippen molar-refractivity contribution in [3.8, 4) is 0 Å². The SMILES string of the molecule is O=C(Nc1cccc2c1CC(O)CC2)C1CCN(c2ccc(F)cc2)CC1. The molecule has 2 aromatic carbocycles. The number of carbonyl (C=O) groups is 1. The quantitative estimate of drug-likeness (QED) is 0.871. The molecule has 4 nitrogen and oxygen atoms in total. The number of halogens is 1.